The number of benzene rings is 2. The van der Waals surface area contributed by atoms with Gasteiger partial charge in [0, 0.05) is 0 Å². The number of nitrogens with zero attached hydrogens (tertiary/aromatic N) is 2. The van der Waals surface area contributed by atoms with E-state index >= 15 is 0 Å². The molecule has 0 spiro atoms. The lowest BCUT2D eigenvalue weighted by molar-refractivity contribution is -0.385. The van der Waals surface area contributed by atoms with Gasteiger partial charge in [-0.25, -0.2) is 5.43 Å². The molecule has 0 saturated carbocycles. The van der Waals surface area contributed by atoms with E-state index in [-0.39, 0.29) is 23.6 Å². The van der Waals surface area contributed by atoms with Crippen LogP contribution < -0.4 is 24.4 Å². The van der Waals surface area contributed by atoms with E-state index in [0.717, 1.165) is 6.21 Å². The van der Waals surface area contributed by atoms with Crippen LogP contribution in [-0.2, 0) is 4.79 Å². The molecular formula is C18H19N3O7. The Hall–Kier alpha value is -3.82. The van der Waals surface area contributed by atoms with E-state index in [2.05, 4.69) is 10.5 Å². The Kier molecular flexibility index (Phi) is 7.14. The van der Waals surface area contributed by atoms with E-state index in [1.165, 1.54) is 33.5 Å². The van der Waals surface area contributed by atoms with Crippen molar-refractivity contribution in [2.24, 2.45) is 5.10 Å². The second kappa shape index (κ2) is 9.76. The molecule has 0 heterocycles. The van der Waals surface area contributed by atoms with Crippen molar-refractivity contribution in [2.75, 3.05) is 27.9 Å². The lowest BCUT2D eigenvalue weighted by Gasteiger charge is -2.09. The number of nitrogens with one attached hydrogen (secondary N) is 1. The van der Waals surface area contributed by atoms with Crippen molar-refractivity contribution in [3.8, 4) is 23.0 Å². The maximum atomic E-state index is 11.9. The number of rotatable bonds is 9. The second-order valence-corrected chi connectivity index (χ2v) is 5.26. The summed E-state index contributed by atoms with van der Waals surface area (Å²) in [6.45, 7) is -0.314. The standard InChI is InChI=1S/C18H19N3O7/c1-25-14-6-4-5-7-15(14)28-11-18(22)20-19-10-12-8-16(26-2)17(27-3)9-13(12)21(23)24/h4-10H,11H2,1-3H3,(H,20,22)/b19-10-. The Balaban J connectivity index is 2.05. The summed E-state index contributed by atoms with van der Waals surface area (Å²) < 4.78 is 20.7. The monoisotopic (exact) mass is 389 g/mol. The number of amides is 1. The van der Waals surface area contributed by atoms with Gasteiger partial charge in [-0.15, -0.1) is 0 Å². The summed E-state index contributed by atoms with van der Waals surface area (Å²) in [5.41, 5.74) is 2.12. The molecule has 0 aliphatic heterocycles. The molecule has 10 heteroatoms. The minimum Gasteiger partial charge on any atom is -0.493 e. The fourth-order valence-corrected chi connectivity index (χ4v) is 2.23. The highest BCUT2D eigenvalue weighted by Crippen LogP contribution is 2.33. The van der Waals surface area contributed by atoms with Crippen molar-refractivity contribution in [3.63, 3.8) is 0 Å². The van der Waals surface area contributed by atoms with Gasteiger partial charge in [0.25, 0.3) is 11.6 Å². The Morgan fingerprint density at radius 3 is 2.29 bits per heavy atom. The van der Waals surface area contributed by atoms with Crippen LogP contribution in [0.3, 0.4) is 0 Å². The highest BCUT2D eigenvalue weighted by molar-refractivity contribution is 5.88. The molecule has 148 valence electrons. The van der Waals surface area contributed by atoms with Gasteiger partial charge in [0.15, 0.2) is 29.6 Å². The van der Waals surface area contributed by atoms with E-state index in [9.17, 15) is 14.9 Å². The van der Waals surface area contributed by atoms with Crippen molar-refractivity contribution in [2.45, 2.75) is 0 Å². The average molecular weight is 389 g/mol. The van der Waals surface area contributed by atoms with Crippen LogP contribution in [-0.4, -0.2) is 45.0 Å². The molecule has 0 unspecified atom stereocenters. The van der Waals surface area contributed by atoms with E-state index in [4.69, 9.17) is 18.9 Å². The zero-order valence-electron chi connectivity index (χ0n) is 15.5. The summed E-state index contributed by atoms with van der Waals surface area (Å²) in [4.78, 5) is 22.5. The Morgan fingerprint density at radius 2 is 1.68 bits per heavy atom. The van der Waals surface area contributed by atoms with Crippen LogP contribution in [0.25, 0.3) is 0 Å². The number of carbonyl (C=O) groups is 1. The van der Waals surface area contributed by atoms with Crippen molar-refractivity contribution in [1.82, 2.24) is 5.43 Å². The largest absolute Gasteiger partial charge is 0.493 e. The molecule has 0 aliphatic carbocycles. The van der Waals surface area contributed by atoms with Gasteiger partial charge in [0.2, 0.25) is 0 Å². The first kappa shape index (κ1) is 20.5. The number of hydrogen-bond donors (Lipinski definition) is 1. The lowest BCUT2D eigenvalue weighted by Crippen LogP contribution is -2.24. The molecule has 2 aromatic rings. The molecule has 0 aromatic heterocycles. The molecule has 0 bridgehead atoms. The van der Waals surface area contributed by atoms with Crippen molar-refractivity contribution in [1.29, 1.82) is 0 Å². The summed E-state index contributed by atoms with van der Waals surface area (Å²) in [5, 5.41) is 15.0. The molecule has 0 aliphatic rings. The average Bonchev–Trinajstić information content (AvgIpc) is 2.71. The van der Waals surface area contributed by atoms with Crippen LogP contribution in [0.4, 0.5) is 5.69 Å². The molecule has 1 amide bonds. The van der Waals surface area contributed by atoms with Crippen molar-refractivity contribution >= 4 is 17.8 Å². The highest BCUT2D eigenvalue weighted by atomic mass is 16.6. The zero-order valence-corrected chi connectivity index (χ0v) is 15.5. The summed E-state index contributed by atoms with van der Waals surface area (Å²) in [7, 11) is 4.27. The molecule has 10 nitrogen and oxygen atoms in total. The van der Waals surface area contributed by atoms with Gasteiger partial charge in [-0.3, -0.25) is 14.9 Å². The normalized spacial score (nSPS) is 10.4. The number of nitro groups is 1. The first-order valence-electron chi connectivity index (χ1n) is 7.98. The third-order valence-electron chi connectivity index (χ3n) is 3.55. The molecule has 2 rings (SSSR count). The van der Waals surface area contributed by atoms with Gasteiger partial charge >= 0.3 is 0 Å². The molecular weight excluding hydrogens is 370 g/mol. The lowest BCUT2D eigenvalue weighted by atomic mass is 10.1. The molecule has 0 fully saturated rings. The number of carbonyl (C=O) groups excluding carboxylic acids is 1. The van der Waals surface area contributed by atoms with Crippen LogP contribution in [0, 0.1) is 10.1 Å². The molecule has 0 atom stereocenters. The maximum Gasteiger partial charge on any atom is 0.282 e. The second-order valence-electron chi connectivity index (χ2n) is 5.26. The fraction of sp³-hybridized carbons (Fsp3) is 0.222. The first-order valence-corrected chi connectivity index (χ1v) is 7.98. The van der Waals surface area contributed by atoms with Crippen molar-refractivity contribution in [3.05, 3.63) is 52.1 Å². The Bertz CT molecular complexity index is 883. The van der Waals surface area contributed by atoms with Crippen molar-refractivity contribution < 1.29 is 28.7 Å². The summed E-state index contributed by atoms with van der Waals surface area (Å²) in [6, 6.07) is 9.46. The Labute approximate surface area is 160 Å². The summed E-state index contributed by atoms with van der Waals surface area (Å²) >= 11 is 0. The van der Waals surface area contributed by atoms with Gasteiger partial charge in [-0.2, -0.15) is 5.10 Å². The molecule has 1 N–H and O–H groups in total. The number of nitro benzene ring substituents is 1. The van der Waals surface area contributed by atoms with E-state index in [0.29, 0.717) is 17.2 Å². The van der Waals surface area contributed by atoms with Crippen LogP contribution in [0.15, 0.2) is 41.5 Å². The van der Waals surface area contributed by atoms with Crippen LogP contribution in [0.5, 0.6) is 23.0 Å². The quantitative estimate of drug-likeness (QED) is 0.396. The first-order chi connectivity index (χ1) is 13.5. The molecule has 28 heavy (non-hydrogen) atoms. The number of methoxy groups -OCH3 is 3. The number of hydrazone groups is 1. The Morgan fingerprint density at radius 1 is 1.07 bits per heavy atom. The predicted octanol–water partition coefficient (Wildman–Crippen LogP) is 2.15. The SMILES string of the molecule is COc1cc(/C=N\NC(=O)COc2ccccc2OC)c([N+](=O)[O-])cc1OC. The number of hydrogen-bond acceptors (Lipinski definition) is 8. The highest BCUT2D eigenvalue weighted by Gasteiger charge is 2.18. The molecule has 0 saturated heterocycles. The minimum absolute atomic E-state index is 0.133. The number of ether oxygens (including phenoxy) is 4. The smallest absolute Gasteiger partial charge is 0.282 e. The van der Waals surface area contributed by atoms with Gasteiger partial charge in [0.05, 0.1) is 44.1 Å². The number of para-hydroxylation sites is 2. The summed E-state index contributed by atoms with van der Waals surface area (Å²) in [6.07, 6.45) is 1.14. The third-order valence-corrected chi connectivity index (χ3v) is 3.55. The predicted molar refractivity (Wildman–Crippen MR) is 100 cm³/mol. The maximum absolute atomic E-state index is 11.9. The molecule has 2 aromatic carbocycles. The van der Waals surface area contributed by atoms with E-state index < -0.39 is 10.8 Å². The topological polar surface area (TPSA) is 122 Å². The van der Waals surface area contributed by atoms with Gasteiger partial charge in [-0.05, 0) is 18.2 Å². The van der Waals surface area contributed by atoms with Gasteiger partial charge in [-0.1, -0.05) is 12.1 Å². The van der Waals surface area contributed by atoms with E-state index in [1.54, 1.807) is 24.3 Å². The van der Waals surface area contributed by atoms with E-state index in [1.807, 2.05) is 0 Å². The van der Waals surface area contributed by atoms with Crippen LogP contribution >= 0.6 is 0 Å². The zero-order chi connectivity index (χ0) is 20.5. The van der Waals surface area contributed by atoms with Gasteiger partial charge in [0.1, 0.15) is 0 Å². The minimum atomic E-state index is -0.587. The fourth-order valence-electron chi connectivity index (χ4n) is 2.23. The van der Waals surface area contributed by atoms with Crippen LogP contribution in [0.1, 0.15) is 5.56 Å². The third kappa shape index (κ3) is 5.10. The van der Waals surface area contributed by atoms with Crippen LogP contribution in [0.2, 0.25) is 0 Å². The molecule has 0 radical (unpaired) electrons. The summed E-state index contributed by atoms with van der Waals surface area (Å²) in [5.74, 6) is 0.839. The van der Waals surface area contributed by atoms with Gasteiger partial charge < -0.3 is 18.9 Å².